The Bertz CT molecular complexity index is 687. The molecule has 21 heavy (non-hydrogen) atoms. The summed E-state index contributed by atoms with van der Waals surface area (Å²) in [6.07, 6.45) is 0.821. The number of carboxylic acid groups (broad SMARTS) is 1. The van der Waals surface area contributed by atoms with E-state index in [1.165, 1.54) is 0 Å². The van der Waals surface area contributed by atoms with Crippen molar-refractivity contribution in [3.05, 3.63) is 58.6 Å². The Morgan fingerprint density at radius 1 is 1.29 bits per heavy atom. The summed E-state index contributed by atoms with van der Waals surface area (Å²) in [7, 11) is 0. The van der Waals surface area contributed by atoms with Gasteiger partial charge in [-0.3, -0.25) is 0 Å². The van der Waals surface area contributed by atoms with Crippen molar-refractivity contribution in [3.63, 3.8) is 0 Å². The van der Waals surface area contributed by atoms with E-state index in [2.05, 4.69) is 5.32 Å². The number of hydrogen-bond acceptors (Lipinski definition) is 3. The van der Waals surface area contributed by atoms with Crippen LogP contribution in [0, 0.1) is 0 Å². The number of anilines is 1. The Morgan fingerprint density at radius 3 is 2.90 bits per heavy atom. The molecule has 0 amide bonds. The highest BCUT2D eigenvalue weighted by atomic mass is 35.5. The fraction of sp³-hybridized carbons (Fsp3) is 0.188. The molecule has 2 aromatic carbocycles. The standard InChI is InChI=1S/C16H14ClNO3/c17-13-6-5-10(9-12(13)16(19)20)18-14-7-8-21-15-4-2-1-3-11(14)15/h1-6,9,14,18H,7-8H2,(H,19,20). The molecule has 3 rings (SSSR count). The largest absolute Gasteiger partial charge is 0.493 e. The van der Waals surface area contributed by atoms with Gasteiger partial charge in [-0.05, 0) is 24.3 Å². The minimum absolute atomic E-state index is 0.0952. The van der Waals surface area contributed by atoms with Gasteiger partial charge in [0.1, 0.15) is 5.75 Å². The molecule has 1 atom stereocenters. The summed E-state index contributed by atoms with van der Waals surface area (Å²) >= 11 is 5.89. The molecule has 0 saturated carbocycles. The molecule has 2 aromatic rings. The van der Waals surface area contributed by atoms with Crippen molar-refractivity contribution < 1.29 is 14.6 Å². The van der Waals surface area contributed by atoms with Crippen molar-refractivity contribution in [1.82, 2.24) is 0 Å². The molecular formula is C16H14ClNO3. The summed E-state index contributed by atoms with van der Waals surface area (Å²) < 4.78 is 5.62. The molecule has 0 radical (unpaired) electrons. The van der Waals surface area contributed by atoms with Crippen LogP contribution in [-0.2, 0) is 0 Å². The highest BCUT2D eigenvalue weighted by Crippen LogP contribution is 2.34. The fourth-order valence-corrected chi connectivity index (χ4v) is 2.67. The molecule has 0 bridgehead atoms. The van der Waals surface area contributed by atoms with Crippen molar-refractivity contribution in [2.45, 2.75) is 12.5 Å². The van der Waals surface area contributed by atoms with E-state index in [9.17, 15) is 4.79 Å². The van der Waals surface area contributed by atoms with Gasteiger partial charge in [-0.15, -0.1) is 0 Å². The summed E-state index contributed by atoms with van der Waals surface area (Å²) in [5.41, 5.74) is 1.91. The molecule has 2 N–H and O–H groups in total. The molecule has 1 aliphatic rings. The highest BCUT2D eigenvalue weighted by molar-refractivity contribution is 6.33. The third kappa shape index (κ3) is 2.81. The maximum Gasteiger partial charge on any atom is 0.337 e. The molecule has 0 aliphatic carbocycles. The van der Waals surface area contributed by atoms with Gasteiger partial charge in [-0.1, -0.05) is 29.8 Å². The van der Waals surface area contributed by atoms with Crippen LogP contribution >= 0.6 is 11.6 Å². The Labute approximate surface area is 127 Å². The summed E-state index contributed by atoms with van der Waals surface area (Å²) in [6, 6.07) is 12.9. The van der Waals surface area contributed by atoms with E-state index in [4.69, 9.17) is 21.4 Å². The van der Waals surface area contributed by atoms with Crippen LogP contribution in [0.4, 0.5) is 5.69 Å². The maximum absolute atomic E-state index is 11.1. The van der Waals surface area contributed by atoms with Crippen LogP contribution in [0.2, 0.25) is 5.02 Å². The Hall–Kier alpha value is -2.20. The number of fused-ring (bicyclic) bond motifs is 1. The predicted molar refractivity (Wildman–Crippen MR) is 81.3 cm³/mol. The number of benzene rings is 2. The van der Waals surface area contributed by atoms with E-state index in [0.717, 1.165) is 23.4 Å². The lowest BCUT2D eigenvalue weighted by molar-refractivity contribution is 0.0697. The van der Waals surface area contributed by atoms with Crippen molar-refractivity contribution in [1.29, 1.82) is 0 Å². The molecule has 1 unspecified atom stereocenters. The predicted octanol–water partition coefficient (Wildman–Crippen LogP) is 3.97. The Kier molecular flexibility index (Phi) is 3.71. The van der Waals surface area contributed by atoms with Crippen LogP contribution in [0.25, 0.3) is 0 Å². The van der Waals surface area contributed by atoms with E-state index in [1.807, 2.05) is 24.3 Å². The van der Waals surface area contributed by atoms with E-state index in [-0.39, 0.29) is 16.6 Å². The second-order valence-corrected chi connectivity index (χ2v) is 5.28. The van der Waals surface area contributed by atoms with Gasteiger partial charge in [-0.2, -0.15) is 0 Å². The molecule has 1 aliphatic heterocycles. The van der Waals surface area contributed by atoms with E-state index in [0.29, 0.717) is 6.61 Å². The first kappa shape index (κ1) is 13.8. The first-order valence-corrected chi connectivity index (χ1v) is 7.04. The van der Waals surface area contributed by atoms with Crippen LogP contribution in [0.5, 0.6) is 5.75 Å². The molecule has 1 heterocycles. The molecule has 108 valence electrons. The zero-order chi connectivity index (χ0) is 14.8. The Morgan fingerprint density at radius 2 is 2.10 bits per heavy atom. The molecule has 5 heteroatoms. The van der Waals surface area contributed by atoms with Gasteiger partial charge in [0.2, 0.25) is 0 Å². The van der Waals surface area contributed by atoms with Gasteiger partial charge in [0, 0.05) is 17.7 Å². The number of halogens is 1. The fourth-order valence-electron chi connectivity index (χ4n) is 2.47. The number of nitrogens with one attached hydrogen (secondary N) is 1. The molecule has 0 fully saturated rings. The summed E-state index contributed by atoms with van der Waals surface area (Å²) in [6.45, 7) is 0.633. The first-order chi connectivity index (χ1) is 10.1. The van der Waals surface area contributed by atoms with Gasteiger partial charge in [-0.25, -0.2) is 4.79 Å². The van der Waals surface area contributed by atoms with Crippen LogP contribution < -0.4 is 10.1 Å². The van der Waals surface area contributed by atoms with Gasteiger partial charge < -0.3 is 15.2 Å². The molecule has 0 spiro atoms. The van der Waals surface area contributed by atoms with Gasteiger partial charge in [0.15, 0.2) is 0 Å². The van der Waals surface area contributed by atoms with Crippen molar-refractivity contribution in [3.8, 4) is 5.75 Å². The molecule has 4 nitrogen and oxygen atoms in total. The first-order valence-electron chi connectivity index (χ1n) is 6.66. The minimum Gasteiger partial charge on any atom is -0.493 e. The van der Waals surface area contributed by atoms with E-state index < -0.39 is 5.97 Å². The lowest BCUT2D eigenvalue weighted by Crippen LogP contribution is -2.20. The number of hydrogen-bond donors (Lipinski definition) is 2. The summed E-state index contributed by atoms with van der Waals surface area (Å²) in [5, 5.41) is 12.7. The zero-order valence-electron chi connectivity index (χ0n) is 11.2. The summed E-state index contributed by atoms with van der Waals surface area (Å²) in [5.74, 6) is -0.162. The minimum atomic E-state index is -1.03. The number of carbonyl (C=O) groups is 1. The number of carboxylic acids is 1. The van der Waals surface area contributed by atoms with Crippen LogP contribution in [0.3, 0.4) is 0 Å². The maximum atomic E-state index is 11.1. The second kappa shape index (κ2) is 5.66. The quantitative estimate of drug-likeness (QED) is 0.900. The topological polar surface area (TPSA) is 58.6 Å². The highest BCUT2D eigenvalue weighted by Gasteiger charge is 2.21. The van der Waals surface area contributed by atoms with E-state index >= 15 is 0 Å². The third-order valence-corrected chi connectivity index (χ3v) is 3.83. The van der Waals surface area contributed by atoms with Crippen LogP contribution in [0.1, 0.15) is 28.4 Å². The molecule has 0 saturated heterocycles. The Balaban J connectivity index is 1.88. The average molecular weight is 304 g/mol. The summed E-state index contributed by atoms with van der Waals surface area (Å²) in [4.78, 5) is 11.1. The number of rotatable bonds is 3. The lowest BCUT2D eigenvalue weighted by atomic mass is 10.00. The van der Waals surface area contributed by atoms with E-state index in [1.54, 1.807) is 18.2 Å². The lowest BCUT2D eigenvalue weighted by Gasteiger charge is -2.27. The second-order valence-electron chi connectivity index (χ2n) is 4.87. The molecule has 0 aromatic heterocycles. The van der Waals surface area contributed by atoms with Crippen molar-refractivity contribution in [2.24, 2.45) is 0 Å². The van der Waals surface area contributed by atoms with Crippen molar-refractivity contribution >= 4 is 23.3 Å². The smallest absolute Gasteiger partial charge is 0.337 e. The van der Waals surface area contributed by atoms with Crippen molar-refractivity contribution in [2.75, 3.05) is 11.9 Å². The van der Waals surface area contributed by atoms with Crippen LogP contribution in [-0.4, -0.2) is 17.7 Å². The third-order valence-electron chi connectivity index (χ3n) is 3.50. The number of aromatic carboxylic acids is 1. The number of ether oxygens (including phenoxy) is 1. The van der Waals surface area contributed by atoms with Crippen LogP contribution in [0.15, 0.2) is 42.5 Å². The average Bonchev–Trinajstić information content (AvgIpc) is 2.49. The normalized spacial score (nSPS) is 16.7. The molecular weight excluding hydrogens is 290 g/mol. The SMILES string of the molecule is O=C(O)c1cc(NC2CCOc3ccccc32)ccc1Cl. The van der Waals surface area contributed by atoms with Gasteiger partial charge in [0.05, 0.1) is 23.2 Å². The van der Waals surface area contributed by atoms with Gasteiger partial charge in [0.25, 0.3) is 0 Å². The zero-order valence-corrected chi connectivity index (χ0v) is 11.9. The monoisotopic (exact) mass is 303 g/mol. The number of para-hydroxylation sites is 1. The van der Waals surface area contributed by atoms with Gasteiger partial charge >= 0.3 is 5.97 Å².